The maximum absolute atomic E-state index is 12.3. The fourth-order valence-electron chi connectivity index (χ4n) is 2.37. The molecule has 0 spiro atoms. The molecule has 0 atom stereocenters. The molecular formula is C17H15NO5. The lowest BCUT2D eigenvalue weighted by atomic mass is 10.1. The van der Waals surface area contributed by atoms with Gasteiger partial charge in [0.25, 0.3) is 11.8 Å². The summed E-state index contributed by atoms with van der Waals surface area (Å²) < 4.78 is 5.49. The largest absolute Gasteiger partial charge is 0.465 e. The van der Waals surface area contributed by atoms with E-state index < -0.39 is 17.8 Å². The standard InChI is InChI=1S/C17H15NO5/c1-9(2)14-8-13(10(3)22-14)17(21)23-18-15(19)11-6-4-5-7-12(11)16(18)20/h4-9H,1-3H3. The van der Waals surface area contributed by atoms with Crippen molar-refractivity contribution in [3.63, 3.8) is 0 Å². The van der Waals surface area contributed by atoms with E-state index in [0.717, 1.165) is 0 Å². The van der Waals surface area contributed by atoms with Gasteiger partial charge in [0.2, 0.25) is 0 Å². The Morgan fingerprint density at radius 3 is 2.17 bits per heavy atom. The Bertz CT molecular complexity index is 783. The van der Waals surface area contributed by atoms with Gasteiger partial charge in [-0.15, -0.1) is 0 Å². The Morgan fingerprint density at radius 2 is 1.70 bits per heavy atom. The van der Waals surface area contributed by atoms with Crippen LogP contribution in [0.1, 0.15) is 62.4 Å². The van der Waals surface area contributed by atoms with E-state index in [-0.39, 0.29) is 22.6 Å². The summed E-state index contributed by atoms with van der Waals surface area (Å²) in [4.78, 5) is 41.6. The molecule has 1 aromatic carbocycles. The molecule has 2 amide bonds. The number of carbonyl (C=O) groups excluding carboxylic acids is 3. The van der Waals surface area contributed by atoms with Crippen LogP contribution in [-0.2, 0) is 4.84 Å². The van der Waals surface area contributed by atoms with Crippen molar-refractivity contribution in [3.8, 4) is 0 Å². The van der Waals surface area contributed by atoms with Gasteiger partial charge in [0, 0.05) is 5.92 Å². The van der Waals surface area contributed by atoms with Crippen molar-refractivity contribution < 1.29 is 23.6 Å². The number of hydrogen-bond acceptors (Lipinski definition) is 5. The van der Waals surface area contributed by atoms with E-state index in [2.05, 4.69) is 0 Å². The Morgan fingerprint density at radius 1 is 1.13 bits per heavy atom. The van der Waals surface area contributed by atoms with Crippen molar-refractivity contribution in [1.29, 1.82) is 0 Å². The molecule has 2 heterocycles. The monoisotopic (exact) mass is 313 g/mol. The van der Waals surface area contributed by atoms with Crippen molar-refractivity contribution in [2.45, 2.75) is 26.7 Å². The molecule has 0 radical (unpaired) electrons. The molecule has 1 aromatic heterocycles. The van der Waals surface area contributed by atoms with Gasteiger partial charge in [0.1, 0.15) is 17.1 Å². The number of amides is 2. The molecular weight excluding hydrogens is 298 g/mol. The second-order valence-corrected chi connectivity index (χ2v) is 5.60. The third kappa shape index (κ3) is 2.42. The summed E-state index contributed by atoms with van der Waals surface area (Å²) in [7, 11) is 0. The van der Waals surface area contributed by atoms with E-state index in [1.807, 2.05) is 13.8 Å². The van der Waals surface area contributed by atoms with E-state index in [0.29, 0.717) is 16.6 Å². The van der Waals surface area contributed by atoms with Gasteiger partial charge in [0.15, 0.2) is 0 Å². The fourth-order valence-corrected chi connectivity index (χ4v) is 2.37. The van der Waals surface area contributed by atoms with E-state index in [9.17, 15) is 14.4 Å². The summed E-state index contributed by atoms with van der Waals surface area (Å²) in [6.07, 6.45) is 0. The normalized spacial score (nSPS) is 13.7. The summed E-state index contributed by atoms with van der Waals surface area (Å²) in [5.41, 5.74) is 0.638. The number of fused-ring (bicyclic) bond motifs is 1. The molecule has 0 N–H and O–H groups in total. The number of hydrogen-bond donors (Lipinski definition) is 0. The molecule has 118 valence electrons. The molecule has 2 aromatic rings. The molecule has 1 aliphatic rings. The molecule has 1 aliphatic heterocycles. The van der Waals surface area contributed by atoms with Gasteiger partial charge in [-0.05, 0) is 25.1 Å². The highest BCUT2D eigenvalue weighted by atomic mass is 16.7. The fraction of sp³-hybridized carbons (Fsp3) is 0.235. The van der Waals surface area contributed by atoms with Crippen LogP contribution in [0.25, 0.3) is 0 Å². The summed E-state index contributed by atoms with van der Waals surface area (Å²) >= 11 is 0. The third-order valence-electron chi connectivity index (χ3n) is 3.66. The summed E-state index contributed by atoms with van der Waals surface area (Å²) in [5.74, 6) is -0.970. The maximum Gasteiger partial charge on any atom is 0.367 e. The van der Waals surface area contributed by atoms with Crippen LogP contribution in [-0.4, -0.2) is 22.8 Å². The molecule has 0 unspecified atom stereocenters. The lowest BCUT2D eigenvalue weighted by molar-refractivity contribution is -0.0585. The number of aryl methyl sites for hydroxylation is 1. The highest BCUT2D eigenvalue weighted by Gasteiger charge is 2.39. The first-order chi connectivity index (χ1) is 10.9. The zero-order chi connectivity index (χ0) is 16.7. The van der Waals surface area contributed by atoms with Crippen molar-refractivity contribution in [2.24, 2.45) is 0 Å². The predicted molar refractivity (Wildman–Crippen MR) is 79.9 cm³/mol. The molecule has 0 fully saturated rings. The van der Waals surface area contributed by atoms with Crippen LogP contribution in [0.3, 0.4) is 0 Å². The summed E-state index contributed by atoms with van der Waals surface area (Å²) in [6.45, 7) is 5.49. The predicted octanol–water partition coefficient (Wildman–Crippen LogP) is 3.08. The van der Waals surface area contributed by atoms with Crippen LogP contribution < -0.4 is 0 Å². The van der Waals surface area contributed by atoms with Crippen molar-refractivity contribution in [2.75, 3.05) is 0 Å². The summed E-state index contributed by atoms with van der Waals surface area (Å²) in [6, 6.07) is 7.89. The van der Waals surface area contributed by atoms with Crippen LogP contribution in [0.2, 0.25) is 0 Å². The van der Waals surface area contributed by atoms with E-state index >= 15 is 0 Å². The maximum atomic E-state index is 12.3. The van der Waals surface area contributed by atoms with Gasteiger partial charge in [-0.2, -0.15) is 0 Å². The average molecular weight is 313 g/mol. The van der Waals surface area contributed by atoms with Crippen LogP contribution in [0.15, 0.2) is 34.7 Å². The minimum absolute atomic E-state index is 0.106. The molecule has 0 saturated heterocycles. The van der Waals surface area contributed by atoms with E-state index in [4.69, 9.17) is 9.25 Å². The Labute approximate surface area is 132 Å². The minimum atomic E-state index is -0.798. The number of carbonyl (C=O) groups is 3. The Balaban J connectivity index is 1.85. The minimum Gasteiger partial charge on any atom is -0.465 e. The number of furan rings is 1. The lowest BCUT2D eigenvalue weighted by Crippen LogP contribution is -2.32. The molecule has 6 nitrogen and oxygen atoms in total. The van der Waals surface area contributed by atoms with Crippen LogP contribution in [0, 0.1) is 6.92 Å². The zero-order valence-corrected chi connectivity index (χ0v) is 13.0. The van der Waals surface area contributed by atoms with Crippen LogP contribution in [0.4, 0.5) is 0 Å². The quantitative estimate of drug-likeness (QED) is 0.814. The van der Waals surface area contributed by atoms with Crippen molar-refractivity contribution in [1.82, 2.24) is 5.06 Å². The molecule has 3 rings (SSSR count). The second kappa shape index (κ2) is 5.39. The van der Waals surface area contributed by atoms with E-state index in [1.54, 1.807) is 25.1 Å². The van der Waals surface area contributed by atoms with Crippen LogP contribution >= 0.6 is 0 Å². The van der Waals surface area contributed by atoms with E-state index in [1.165, 1.54) is 12.1 Å². The van der Waals surface area contributed by atoms with Gasteiger partial charge in [-0.3, -0.25) is 9.59 Å². The number of rotatable bonds is 3. The van der Waals surface area contributed by atoms with Gasteiger partial charge in [0.05, 0.1) is 11.1 Å². The molecule has 0 bridgehead atoms. The number of hydroxylamine groups is 2. The zero-order valence-electron chi connectivity index (χ0n) is 13.0. The third-order valence-corrected chi connectivity index (χ3v) is 3.66. The van der Waals surface area contributed by atoms with Crippen molar-refractivity contribution in [3.05, 3.63) is 58.5 Å². The molecule has 6 heteroatoms. The van der Waals surface area contributed by atoms with Gasteiger partial charge >= 0.3 is 5.97 Å². The highest BCUT2D eigenvalue weighted by Crippen LogP contribution is 2.26. The number of imide groups is 1. The van der Waals surface area contributed by atoms with Gasteiger partial charge in [-0.1, -0.05) is 31.0 Å². The topological polar surface area (TPSA) is 76.8 Å². The van der Waals surface area contributed by atoms with Crippen LogP contribution in [0.5, 0.6) is 0 Å². The first-order valence-electron chi connectivity index (χ1n) is 7.20. The number of nitrogens with zero attached hydrogens (tertiary/aromatic N) is 1. The molecule has 23 heavy (non-hydrogen) atoms. The first kappa shape index (κ1) is 15.0. The van der Waals surface area contributed by atoms with Gasteiger partial charge < -0.3 is 9.25 Å². The molecule has 0 aliphatic carbocycles. The van der Waals surface area contributed by atoms with Gasteiger partial charge in [-0.25, -0.2) is 4.79 Å². The Kier molecular flexibility index (Phi) is 3.52. The molecule has 0 saturated carbocycles. The lowest BCUT2D eigenvalue weighted by Gasteiger charge is -2.12. The highest BCUT2D eigenvalue weighted by molar-refractivity contribution is 6.21. The number of benzene rings is 1. The average Bonchev–Trinajstić information content (AvgIpc) is 3.02. The first-order valence-corrected chi connectivity index (χ1v) is 7.20. The smallest absolute Gasteiger partial charge is 0.367 e. The van der Waals surface area contributed by atoms with Crippen molar-refractivity contribution >= 4 is 17.8 Å². The SMILES string of the molecule is Cc1oc(C(C)C)cc1C(=O)ON1C(=O)c2ccccc2C1=O. The second-order valence-electron chi connectivity index (χ2n) is 5.60. The summed E-state index contributed by atoms with van der Waals surface area (Å²) in [5, 5.41) is 0.495. The Hall–Kier alpha value is -2.89.